The number of hydrogen-bond donors (Lipinski definition) is 0. The molecule has 2 unspecified atom stereocenters. The van der Waals surface area contributed by atoms with Crippen LogP contribution in [0.4, 0.5) is 4.79 Å². The van der Waals surface area contributed by atoms with E-state index in [4.69, 9.17) is 19.7 Å². The quantitative estimate of drug-likeness (QED) is 0.185. The summed E-state index contributed by atoms with van der Waals surface area (Å²) in [6.45, 7) is 7.79. The molecule has 4 bridgehead atoms. The highest BCUT2D eigenvalue weighted by Gasteiger charge is 2.63. The van der Waals surface area contributed by atoms with Gasteiger partial charge >= 0.3 is 6.09 Å². The molecule has 204 valence electrons. The summed E-state index contributed by atoms with van der Waals surface area (Å²) < 4.78 is 17.7. The zero-order chi connectivity index (χ0) is 26.7. The van der Waals surface area contributed by atoms with E-state index in [1.807, 2.05) is 25.7 Å². The minimum absolute atomic E-state index is 0.298. The van der Waals surface area contributed by atoms with Gasteiger partial charge in [0.15, 0.2) is 6.61 Å². The molecule has 5 fully saturated rings. The molecule has 1 heterocycles. The lowest BCUT2D eigenvalue weighted by atomic mass is 9.50. The summed E-state index contributed by atoms with van der Waals surface area (Å²) in [6.07, 6.45) is 6.70. The fourth-order valence-electron chi connectivity index (χ4n) is 7.78. The molecule has 1 saturated heterocycles. The second-order valence-corrected chi connectivity index (χ2v) is 12.2. The van der Waals surface area contributed by atoms with Crippen LogP contribution < -0.4 is 0 Å². The summed E-state index contributed by atoms with van der Waals surface area (Å²) in [4.78, 5) is 32.5. The molecule has 0 spiro atoms. The molecule has 3 atom stereocenters. The Morgan fingerprint density at radius 1 is 1.19 bits per heavy atom. The zero-order valence-electron chi connectivity index (χ0n) is 22.4. The lowest BCUT2D eigenvalue weighted by molar-refractivity contribution is -0.208. The predicted molar refractivity (Wildman–Crippen MR) is 134 cm³/mol. The molecule has 0 N–H and O–H groups in total. The SMILES string of the molecule is CC(C)(C)N(C(=O)OCC(=O)N1CCC[C@H]1C#N)C12CC3CC(CC(OCCOCCN=[N+]=[N-])(C3)C1)C2. The fraction of sp³-hybridized carbons (Fsp3) is 0.885. The molecular formula is C26H40N6O5. The highest BCUT2D eigenvalue weighted by Crippen LogP contribution is 2.61. The largest absolute Gasteiger partial charge is 0.439 e. The van der Waals surface area contributed by atoms with E-state index in [9.17, 15) is 14.9 Å². The number of carbonyl (C=O) groups excluding carboxylic acids is 2. The lowest BCUT2D eigenvalue weighted by Gasteiger charge is -2.65. The third kappa shape index (κ3) is 5.97. The first-order chi connectivity index (χ1) is 17.6. The number of hydrogen-bond acceptors (Lipinski definition) is 7. The zero-order valence-corrected chi connectivity index (χ0v) is 22.4. The van der Waals surface area contributed by atoms with Gasteiger partial charge in [-0.3, -0.25) is 9.69 Å². The van der Waals surface area contributed by atoms with Gasteiger partial charge in [0, 0.05) is 23.5 Å². The molecule has 1 aliphatic heterocycles. The van der Waals surface area contributed by atoms with Crippen molar-refractivity contribution in [3.8, 4) is 6.07 Å². The van der Waals surface area contributed by atoms with Gasteiger partial charge in [0.25, 0.3) is 5.91 Å². The Morgan fingerprint density at radius 3 is 2.57 bits per heavy atom. The lowest BCUT2D eigenvalue weighted by Crippen LogP contribution is -2.70. The van der Waals surface area contributed by atoms with Gasteiger partial charge < -0.3 is 19.1 Å². The van der Waals surface area contributed by atoms with Crippen molar-refractivity contribution in [2.75, 3.05) is 39.5 Å². The predicted octanol–water partition coefficient (Wildman–Crippen LogP) is 4.17. The summed E-state index contributed by atoms with van der Waals surface area (Å²) >= 11 is 0. The molecule has 0 radical (unpaired) electrons. The molecule has 0 aromatic rings. The van der Waals surface area contributed by atoms with E-state index in [1.54, 1.807) is 0 Å². The summed E-state index contributed by atoms with van der Waals surface area (Å²) in [5, 5.41) is 12.8. The second kappa shape index (κ2) is 11.1. The smallest absolute Gasteiger partial charge is 0.411 e. The highest BCUT2D eigenvalue weighted by atomic mass is 16.6. The van der Waals surface area contributed by atoms with E-state index in [0.717, 1.165) is 44.9 Å². The van der Waals surface area contributed by atoms with Gasteiger partial charge in [-0.05, 0) is 89.5 Å². The molecule has 5 rings (SSSR count). The van der Waals surface area contributed by atoms with Crippen molar-refractivity contribution in [1.29, 1.82) is 5.26 Å². The van der Waals surface area contributed by atoms with E-state index >= 15 is 0 Å². The topological polar surface area (TPSA) is 141 Å². The maximum atomic E-state index is 13.6. The number of amides is 2. The Bertz CT molecular complexity index is 938. The first-order valence-corrected chi connectivity index (χ1v) is 13.5. The third-order valence-corrected chi connectivity index (χ3v) is 8.38. The minimum Gasteiger partial charge on any atom is -0.439 e. The molecule has 4 aliphatic carbocycles. The average molecular weight is 517 g/mol. The first-order valence-electron chi connectivity index (χ1n) is 13.5. The fourth-order valence-corrected chi connectivity index (χ4v) is 7.78. The summed E-state index contributed by atoms with van der Waals surface area (Å²) in [5.74, 6) is 0.650. The highest BCUT2D eigenvalue weighted by molar-refractivity contribution is 5.81. The Hall–Kier alpha value is -2.54. The van der Waals surface area contributed by atoms with Gasteiger partial charge in [0.1, 0.15) is 6.04 Å². The van der Waals surface area contributed by atoms with Gasteiger partial charge in [-0.15, -0.1) is 0 Å². The van der Waals surface area contributed by atoms with E-state index in [-0.39, 0.29) is 23.7 Å². The number of azide groups is 1. The van der Waals surface area contributed by atoms with Gasteiger partial charge in [0.2, 0.25) is 0 Å². The van der Waals surface area contributed by atoms with Crippen molar-refractivity contribution >= 4 is 12.0 Å². The Morgan fingerprint density at radius 2 is 1.92 bits per heavy atom. The molecule has 2 amide bonds. The van der Waals surface area contributed by atoms with Crippen LogP contribution in [-0.2, 0) is 19.0 Å². The summed E-state index contributed by atoms with van der Waals surface area (Å²) in [6, 6.07) is 1.73. The molecule has 11 heteroatoms. The van der Waals surface area contributed by atoms with Crippen molar-refractivity contribution < 1.29 is 23.8 Å². The Kier molecular flexibility index (Phi) is 8.22. The van der Waals surface area contributed by atoms with Crippen LogP contribution in [0.1, 0.15) is 72.1 Å². The minimum atomic E-state index is -0.500. The van der Waals surface area contributed by atoms with Crippen LogP contribution in [0.3, 0.4) is 0 Å². The monoisotopic (exact) mass is 516 g/mol. The maximum absolute atomic E-state index is 13.6. The van der Waals surface area contributed by atoms with Crippen LogP contribution in [0.25, 0.3) is 10.4 Å². The van der Waals surface area contributed by atoms with Gasteiger partial charge in [-0.1, -0.05) is 5.11 Å². The molecule has 0 aromatic carbocycles. The Balaban J connectivity index is 1.43. The van der Waals surface area contributed by atoms with Crippen molar-refractivity contribution in [3.05, 3.63) is 10.4 Å². The maximum Gasteiger partial charge on any atom is 0.411 e. The van der Waals surface area contributed by atoms with Crippen LogP contribution in [0.15, 0.2) is 5.11 Å². The van der Waals surface area contributed by atoms with Crippen LogP contribution >= 0.6 is 0 Å². The molecule has 5 aliphatic rings. The first kappa shape index (κ1) is 27.5. The number of rotatable bonds is 10. The van der Waals surface area contributed by atoms with Crippen molar-refractivity contribution in [2.45, 2.75) is 94.9 Å². The second-order valence-electron chi connectivity index (χ2n) is 12.2. The van der Waals surface area contributed by atoms with E-state index in [1.165, 1.54) is 4.90 Å². The Labute approximate surface area is 219 Å². The number of carbonyl (C=O) groups is 2. The van der Waals surface area contributed by atoms with Crippen molar-refractivity contribution in [3.63, 3.8) is 0 Å². The number of nitrogens with zero attached hydrogens (tertiary/aromatic N) is 6. The van der Waals surface area contributed by atoms with Crippen LogP contribution in [0.5, 0.6) is 0 Å². The molecular weight excluding hydrogens is 476 g/mol. The number of ether oxygens (including phenoxy) is 3. The van der Waals surface area contributed by atoms with Crippen molar-refractivity contribution in [1.82, 2.24) is 9.80 Å². The van der Waals surface area contributed by atoms with Crippen LogP contribution in [0.2, 0.25) is 0 Å². The van der Waals surface area contributed by atoms with Crippen LogP contribution in [0, 0.1) is 23.2 Å². The van der Waals surface area contributed by atoms with Gasteiger partial charge in [0.05, 0.1) is 37.0 Å². The normalized spacial score (nSPS) is 32.1. The van der Waals surface area contributed by atoms with E-state index in [2.05, 4.69) is 16.1 Å². The third-order valence-electron chi connectivity index (χ3n) is 8.38. The van der Waals surface area contributed by atoms with E-state index in [0.29, 0.717) is 51.2 Å². The number of nitriles is 1. The molecule has 11 nitrogen and oxygen atoms in total. The van der Waals surface area contributed by atoms with Crippen LogP contribution in [-0.4, -0.2) is 84.0 Å². The van der Waals surface area contributed by atoms with Gasteiger partial charge in [-0.2, -0.15) is 5.26 Å². The average Bonchev–Trinajstić information content (AvgIpc) is 3.29. The molecule has 4 saturated carbocycles. The summed E-state index contributed by atoms with van der Waals surface area (Å²) in [5.41, 5.74) is 7.19. The van der Waals surface area contributed by atoms with E-state index < -0.39 is 17.7 Å². The standard InChI is InChI=1S/C26H40N6O5/c1-24(2,3)32(23(34)36-17-22(33)31-7-4-5-21(31)16-27)25-12-19-11-20(13-25)15-26(14-19,18-25)37-10-9-35-8-6-29-30-28/h19-21H,4-15,17-18H2,1-3H3/t19?,20?,21-,25?,26?/m0/s1. The molecule has 0 aromatic heterocycles. The molecule has 37 heavy (non-hydrogen) atoms. The van der Waals surface area contributed by atoms with Gasteiger partial charge in [-0.25, -0.2) is 4.79 Å². The van der Waals surface area contributed by atoms with Crippen molar-refractivity contribution in [2.24, 2.45) is 17.0 Å². The number of likely N-dealkylation sites (tertiary alicyclic amines) is 1. The summed E-state index contributed by atoms with van der Waals surface area (Å²) in [7, 11) is 0.